The summed E-state index contributed by atoms with van der Waals surface area (Å²) >= 11 is 0.106. The third-order valence-corrected chi connectivity index (χ3v) is 12.4. The van der Waals surface area contributed by atoms with Gasteiger partial charge in [0.1, 0.15) is 0 Å². The summed E-state index contributed by atoms with van der Waals surface area (Å²) in [7, 11) is 0. The van der Waals surface area contributed by atoms with Crippen LogP contribution in [0.15, 0.2) is 176 Å². The number of hydrogen-bond donors (Lipinski definition) is 0. The van der Waals surface area contributed by atoms with Gasteiger partial charge in [0.15, 0.2) is 0 Å². The van der Waals surface area contributed by atoms with Gasteiger partial charge in [-0.25, -0.2) is 0 Å². The van der Waals surface area contributed by atoms with Crippen molar-refractivity contribution in [3.8, 4) is 56.4 Å². The van der Waals surface area contributed by atoms with E-state index in [4.69, 9.17) is 15.0 Å². The summed E-state index contributed by atoms with van der Waals surface area (Å²) in [5.74, 6) is 1.99. The van der Waals surface area contributed by atoms with Crippen LogP contribution in [0.4, 0.5) is 0 Å². The predicted molar refractivity (Wildman–Crippen MR) is 214 cm³/mol. The molecule has 0 saturated carbocycles. The molecule has 0 bridgehead atoms. The Balaban J connectivity index is 1.25. The van der Waals surface area contributed by atoms with E-state index in [2.05, 4.69) is 152 Å². The van der Waals surface area contributed by atoms with Gasteiger partial charge in [0.2, 0.25) is 0 Å². The third kappa shape index (κ3) is 5.16. The standard InChI is InChI=1S/C47H29N3Se/c1-4-14-30(15-5-1)33-21-12-22-35(28-33)46-48-45(32-18-8-3-9-19-32)49-47(50-46)41-29-34-20-10-11-23-36(34)42-38(41)26-27-40-39-25-13-24-37(43(39)51-44(40)42)31-16-6-2-7-17-31/h1-29H. The molecule has 0 aliphatic heterocycles. The fraction of sp³-hybridized carbons (Fsp3) is 0. The molecule has 2 aromatic heterocycles. The zero-order valence-electron chi connectivity index (χ0n) is 27.5. The molecule has 0 fully saturated rings. The molecule has 0 saturated heterocycles. The SMILES string of the molecule is c1ccc(-c2cccc(-c3nc(-c4ccccc4)nc(-c4cc5ccccc5c5c4ccc4c6cccc(-c7ccccc7)c6[se]c45)n3)c2)cc1. The van der Waals surface area contributed by atoms with Crippen LogP contribution >= 0.6 is 0 Å². The molecule has 51 heavy (non-hydrogen) atoms. The summed E-state index contributed by atoms with van der Waals surface area (Å²) in [5.41, 5.74) is 7.80. The Kier molecular flexibility index (Phi) is 7.16. The number of hydrogen-bond acceptors (Lipinski definition) is 3. The zero-order chi connectivity index (χ0) is 33.7. The number of aromatic nitrogens is 3. The molecular weight excluding hydrogens is 685 g/mol. The van der Waals surface area contributed by atoms with Crippen LogP contribution in [-0.2, 0) is 0 Å². The molecule has 8 aromatic carbocycles. The van der Waals surface area contributed by atoms with Gasteiger partial charge in [-0.1, -0.05) is 18.2 Å². The molecule has 0 radical (unpaired) electrons. The number of fused-ring (bicyclic) bond motifs is 7. The van der Waals surface area contributed by atoms with E-state index in [1.165, 1.54) is 46.6 Å². The minimum Gasteiger partial charge on any atom is -0.0617 e. The van der Waals surface area contributed by atoms with E-state index >= 15 is 0 Å². The first kappa shape index (κ1) is 29.7. The second-order valence-electron chi connectivity index (χ2n) is 12.8. The Hall–Kier alpha value is -6.19. The Morgan fingerprint density at radius 2 is 0.863 bits per heavy atom. The van der Waals surface area contributed by atoms with E-state index < -0.39 is 0 Å². The van der Waals surface area contributed by atoms with Crippen molar-refractivity contribution in [3.63, 3.8) is 0 Å². The van der Waals surface area contributed by atoms with Crippen molar-refractivity contribution in [2.45, 2.75) is 0 Å². The molecule has 238 valence electrons. The van der Waals surface area contributed by atoms with Gasteiger partial charge in [0.25, 0.3) is 0 Å². The predicted octanol–water partition coefficient (Wildman–Crippen LogP) is 11.9. The Morgan fingerprint density at radius 1 is 0.314 bits per heavy atom. The van der Waals surface area contributed by atoms with Crippen molar-refractivity contribution in [1.82, 2.24) is 15.0 Å². The quantitative estimate of drug-likeness (QED) is 0.132. The van der Waals surface area contributed by atoms with E-state index in [0.29, 0.717) is 17.5 Å². The van der Waals surface area contributed by atoms with Crippen LogP contribution < -0.4 is 0 Å². The molecule has 0 N–H and O–H groups in total. The molecule has 2 heterocycles. The molecule has 0 atom stereocenters. The number of rotatable bonds is 5. The summed E-state index contributed by atoms with van der Waals surface area (Å²) in [6, 6.07) is 62.4. The molecule has 0 aliphatic carbocycles. The van der Waals surface area contributed by atoms with E-state index in [0.717, 1.165) is 33.2 Å². The van der Waals surface area contributed by atoms with Gasteiger partial charge in [0, 0.05) is 0 Å². The van der Waals surface area contributed by atoms with Crippen molar-refractivity contribution in [3.05, 3.63) is 176 Å². The molecular formula is C47H29N3Se. The van der Waals surface area contributed by atoms with Crippen molar-refractivity contribution in [1.29, 1.82) is 0 Å². The van der Waals surface area contributed by atoms with Crippen LogP contribution in [-0.4, -0.2) is 29.5 Å². The van der Waals surface area contributed by atoms with Crippen molar-refractivity contribution >= 4 is 55.3 Å². The van der Waals surface area contributed by atoms with Crippen LogP contribution in [0.5, 0.6) is 0 Å². The van der Waals surface area contributed by atoms with E-state index in [-0.39, 0.29) is 14.5 Å². The molecule has 0 unspecified atom stereocenters. The molecule has 0 aliphatic rings. The summed E-state index contributed by atoms with van der Waals surface area (Å²) < 4.78 is 2.87. The molecule has 3 nitrogen and oxygen atoms in total. The topological polar surface area (TPSA) is 38.7 Å². The van der Waals surface area contributed by atoms with Crippen LogP contribution in [0.2, 0.25) is 0 Å². The molecule has 10 rings (SSSR count). The number of benzene rings is 8. The van der Waals surface area contributed by atoms with Crippen molar-refractivity contribution < 1.29 is 0 Å². The van der Waals surface area contributed by atoms with Gasteiger partial charge in [-0.05, 0) is 0 Å². The fourth-order valence-corrected chi connectivity index (χ4v) is 10.2. The summed E-state index contributed by atoms with van der Waals surface area (Å²) in [6.45, 7) is 0. The first-order valence-electron chi connectivity index (χ1n) is 17.1. The number of nitrogens with zero attached hydrogens (tertiary/aromatic N) is 3. The van der Waals surface area contributed by atoms with Gasteiger partial charge in [-0.15, -0.1) is 0 Å². The van der Waals surface area contributed by atoms with Gasteiger partial charge in [0.05, 0.1) is 0 Å². The average molecular weight is 715 g/mol. The first-order valence-corrected chi connectivity index (χ1v) is 18.8. The Bertz CT molecular complexity index is 2900. The maximum atomic E-state index is 5.26. The smallest absolute Gasteiger partial charge is 0.0617 e. The van der Waals surface area contributed by atoms with E-state index in [1.54, 1.807) is 0 Å². The van der Waals surface area contributed by atoms with Gasteiger partial charge < -0.3 is 0 Å². The normalized spacial score (nSPS) is 11.5. The molecule has 4 heteroatoms. The zero-order valence-corrected chi connectivity index (χ0v) is 29.2. The van der Waals surface area contributed by atoms with Gasteiger partial charge in [-0.3, -0.25) is 0 Å². The van der Waals surface area contributed by atoms with Gasteiger partial charge >= 0.3 is 284 Å². The van der Waals surface area contributed by atoms with E-state index in [1.807, 2.05) is 24.3 Å². The second-order valence-corrected chi connectivity index (χ2v) is 14.9. The second kappa shape index (κ2) is 12.3. The van der Waals surface area contributed by atoms with E-state index in [9.17, 15) is 0 Å². The third-order valence-electron chi connectivity index (χ3n) is 9.71. The van der Waals surface area contributed by atoms with Crippen LogP contribution in [0, 0.1) is 0 Å². The maximum absolute atomic E-state index is 5.26. The Morgan fingerprint density at radius 3 is 1.65 bits per heavy atom. The van der Waals surface area contributed by atoms with Crippen LogP contribution in [0.3, 0.4) is 0 Å². The van der Waals surface area contributed by atoms with Crippen LogP contribution in [0.25, 0.3) is 97.3 Å². The minimum atomic E-state index is 0.106. The van der Waals surface area contributed by atoms with Crippen LogP contribution in [0.1, 0.15) is 0 Å². The monoisotopic (exact) mass is 715 g/mol. The summed E-state index contributed by atoms with van der Waals surface area (Å²) in [6.07, 6.45) is 0. The first-order chi connectivity index (χ1) is 25.3. The average Bonchev–Trinajstić information content (AvgIpc) is 3.60. The molecule has 10 aromatic rings. The van der Waals surface area contributed by atoms with Gasteiger partial charge in [-0.2, -0.15) is 0 Å². The minimum absolute atomic E-state index is 0.106. The molecule has 0 spiro atoms. The summed E-state index contributed by atoms with van der Waals surface area (Å²) in [4.78, 5) is 15.5. The summed E-state index contributed by atoms with van der Waals surface area (Å²) in [5, 5.41) is 7.57. The molecule has 0 amide bonds. The van der Waals surface area contributed by atoms with Crippen molar-refractivity contribution in [2.24, 2.45) is 0 Å². The Labute approximate surface area is 301 Å². The fourth-order valence-electron chi connectivity index (χ4n) is 7.28. The van der Waals surface area contributed by atoms with Crippen molar-refractivity contribution in [2.75, 3.05) is 0 Å².